The third-order valence-corrected chi connectivity index (χ3v) is 3.63. The Bertz CT molecular complexity index is 500. The number of hydrogen-bond donors (Lipinski definition) is 6. The summed E-state index contributed by atoms with van der Waals surface area (Å²) in [4.78, 5) is 11.8. The molecule has 0 spiro atoms. The molecule has 22 heavy (non-hydrogen) atoms. The number of ether oxygens (including phenoxy) is 1. The Hall–Kier alpha value is -1.71. The molecule has 0 aliphatic heterocycles. The molecule has 0 bridgehead atoms. The smallest absolute Gasteiger partial charge is 0.310 e. The lowest BCUT2D eigenvalue weighted by atomic mass is 9.85. The van der Waals surface area contributed by atoms with E-state index in [1.165, 1.54) is 24.3 Å². The molecule has 6 N–H and O–H groups in total. The number of carbonyl (C=O) groups excluding carboxylic acids is 1. The van der Waals surface area contributed by atoms with Crippen LogP contribution in [0.2, 0.25) is 0 Å². The van der Waals surface area contributed by atoms with Crippen molar-refractivity contribution in [3.05, 3.63) is 29.8 Å². The number of aromatic hydroxyl groups is 1. The zero-order valence-corrected chi connectivity index (χ0v) is 11.5. The molecule has 0 heterocycles. The van der Waals surface area contributed by atoms with Gasteiger partial charge in [0.25, 0.3) is 0 Å². The normalized spacial score (nSPS) is 35.1. The Kier molecular flexibility index (Phi) is 4.99. The third-order valence-electron chi connectivity index (χ3n) is 3.63. The second kappa shape index (κ2) is 6.59. The lowest BCUT2D eigenvalue weighted by molar-refractivity contribution is -0.233. The Morgan fingerprint density at radius 1 is 0.864 bits per heavy atom. The number of rotatable bonds is 3. The fraction of sp³-hybridized carbons (Fsp3) is 0.500. The van der Waals surface area contributed by atoms with E-state index in [0.717, 1.165) is 0 Å². The highest BCUT2D eigenvalue weighted by atomic mass is 16.6. The van der Waals surface area contributed by atoms with Crippen LogP contribution in [0.25, 0.3) is 0 Å². The van der Waals surface area contributed by atoms with Crippen LogP contribution in [0.4, 0.5) is 0 Å². The van der Waals surface area contributed by atoms with Gasteiger partial charge >= 0.3 is 5.97 Å². The van der Waals surface area contributed by atoms with Crippen molar-refractivity contribution in [1.82, 2.24) is 0 Å². The average Bonchev–Trinajstić information content (AvgIpc) is 2.50. The maximum Gasteiger partial charge on any atom is 0.310 e. The molecule has 1 aromatic carbocycles. The van der Waals surface area contributed by atoms with Gasteiger partial charge in [-0.3, -0.25) is 4.79 Å². The minimum Gasteiger partial charge on any atom is -0.508 e. The monoisotopic (exact) mass is 314 g/mol. The lowest BCUT2D eigenvalue weighted by Crippen LogP contribution is -2.64. The van der Waals surface area contributed by atoms with Crippen LogP contribution in [-0.2, 0) is 16.0 Å². The number of phenolic OH excluding ortho intramolecular Hbond substituents is 1. The molecule has 2 unspecified atom stereocenters. The van der Waals surface area contributed by atoms with E-state index in [1.807, 2.05) is 0 Å². The summed E-state index contributed by atoms with van der Waals surface area (Å²) in [6.45, 7) is 0. The van der Waals surface area contributed by atoms with E-state index >= 15 is 0 Å². The maximum atomic E-state index is 11.8. The van der Waals surface area contributed by atoms with Crippen molar-refractivity contribution < 1.29 is 40.2 Å². The van der Waals surface area contributed by atoms with Gasteiger partial charge in [-0.2, -0.15) is 0 Å². The SMILES string of the molecule is O=C(Cc1ccc(O)cc1)OC1[C@@H](O)[C@@H](O)C(O)[C@H](O)[C@H]1O. The quantitative estimate of drug-likeness (QED) is 0.340. The minimum atomic E-state index is -1.75. The number of phenols is 1. The molecule has 0 radical (unpaired) electrons. The highest BCUT2D eigenvalue weighted by molar-refractivity contribution is 5.73. The van der Waals surface area contributed by atoms with E-state index in [1.54, 1.807) is 0 Å². The van der Waals surface area contributed by atoms with E-state index < -0.39 is 42.6 Å². The molecule has 2 rings (SSSR count). The Balaban J connectivity index is 2.02. The van der Waals surface area contributed by atoms with E-state index in [-0.39, 0.29) is 12.2 Å². The predicted molar refractivity (Wildman–Crippen MR) is 71.7 cm³/mol. The van der Waals surface area contributed by atoms with Gasteiger partial charge in [0.05, 0.1) is 6.42 Å². The fourth-order valence-corrected chi connectivity index (χ4v) is 2.31. The van der Waals surface area contributed by atoms with Crippen molar-refractivity contribution in [2.24, 2.45) is 0 Å². The van der Waals surface area contributed by atoms with Crippen LogP contribution in [0.5, 0.6) is 5.75 Å². The van der Waals surface area contributed by atoms with Gasteiger partial charge in [-0.05, 0) is 17.7 Å². The Labute approximate surface area is 125 Å². The summed E-state index contributed by atoms with van der Waals surface area (Å²) < 4.78 is 4.91. The first-order chi connectivity index (χ1) is 10.3. The first kappa shape index (κ1) is 16.7. The number of aliphatic hydroxyl groups excluding tert-OH is 5. The molecule has 0 aromatic heterocycles. The van der Waals surface area contributed by atoms with Crippen molar-refractivity contribution in [2.75, 3.05) is 0 Å². The Morgan fingerprint density at radius 2 is 1.32 bits per heavy atom. The highest BCUT2D eigenvalue weighted by Gasteiger charge is 2.50. The molecule has 1 aliphatic carbocycles. The molecule has 0 amide bonds. The number of benzene rings is 1. The number of hydrogen-bond acceptors (Lipinski definition) is 8. The molecular formula is C14H18O8. The molecular weight excluding hydrogens is 296 g/mol. The van der Waals surface area contributed by atoms with Crippen LogP contribution in [-0.4, -0.2) is 73.2 Å². The summed E-state index contributed by atoms with van der Waals surface area (Å²) in [5.74, 6) is -0.764. The molecule has 1 fully saturated rings. The van der Waals surface area contributed by atoms with Gasteiger partial charge in [0.2, 0.25) is 0 Å². The molecule has 8 heteroatoms. The summed E-state index contributed by atoms with van der Waals surface area (Å²) in [6.07, 6.45) is -10.4. The van der Waals surface area contributed by atoms with Crippen LogP contribution in [0, 0.1) is 0 Å². The number of carbonyl (C=O) groups is 1. The molecule has 6 atom stereocenters. The van der Waals surface area contributed by atoms with Gasteiger partial charge in [-0.15, -0.1) is 0 Å². The van der Waals surface area contributed by atoms with Crippen LogP contribution in [0.1, 0.15) is 5.56 Å². The van der Waals surface area contributed by atoms with E-state index in [4.69, 9.17) is 9.84 Å². The van der Waals surface area contributed by atoms with Crippen LogP contribution >= 0.6 is 0 Å². The van der Waals surface area contributed by atoms with Crippen LogP contribution in [0.3, 0.4) is 0 Å². The molecule has 1 aliphatic rings. The molecule has 0 saturated heterocycles. The summed E-state index contributed by atoms with van der Waals surface area (Å²) in [5.41, 5.74) is 0.531. The van der Waals surface area contributed by atoms with E-state index in [2.05, 4.69) is 0 Å². The summed E-state index contributed by atoms with van der Waals surface area (Å²) in [5, 5.41) is 57.2. The van der Waals surface area contributed by atoms with Crippen molar-refractivity contribution in [1.29, 1.82) is 0 Å². The van der Waals surface area contributed by atoms with Crippen molar-refractivity contribution in [2.45, 2.75) is 43.0 Å². The topological polar surface area (TPSA) is 148 Å². The number of aliphatic hydroxyl groups is 5. The largest absolute Gasteiger partial charge is 0.508 e. The predicted octanol–water partition coefficient (Wildman–Crippen LogP) is -2.34. The van der Waals surface area contributed by atoms with Gasteiger partial charge < -0.3 is 35.4 Å². The van der Waals surface area contributed by atoms with Gasteiger partial charge in [0.1, 0.15) is 36.3 Å². The summed E-state index contributed by atoms with van der Waals surface area (Å²) in [6, 6.07) is 5.77. The summed E-state index contributed by atoms with van der Waals surface area (Å²) >= 11 is 0. The van der Waals surface area contributed by atoms with Crippen LogP contribution in [0.15, 0.2) is 24.3 Å². The molecule has 1 aromatic rings. The second-order valence-corrected chi connectivity index (χ2v) is 5.25. The molecule has 1 saturated carbocycles. The van der Waals surface area contributed by atoms with E-state index in [9.17, 15) is 30.3 Å². The standard InChI is InChI=1S/C14H18O8/c15-7-3-1-6(2-4-7)5-8(16)22-14-12(20)10(18)9(17)11(19)13(14)21/h1-4,9-15,17-21H,5H2/t9?,10-,11-,12-,13+,14?/m0/s1. The van der Waals surface area contributed by atoms with Gasteiger partial charge in [0.15, 0.2) is 6.10 Å². The van der Waals surface area contributed by atoms with Gasteiger partial charge in [-0.1, -0.05) is 12.1 Å². The summed E-state index contributed by atoms with van der Waals surface area (Å²) in [7, 11) is 0. The van der Waals surface area contributed by atoms with Crippen molar-refractivity contribution >= 4 is 5.97 Å². The first-order valence-corrected chi connectivity index (χ1v) is 6.69. The minimum absolute atomic E-state index is 0.0375. The number of esters is 1. The highest BCUT2D eigenvalue weighted by Crippen LogP contribution is 2.24. The zero-order chi connectivity index (χ0) is 16.4. The second-order valence-electron chi connectivity index (χ2n) is 5.25. The van der Waals surface area contributed by atoms with E-state index in [0.29, 0.717) is 5.56 Å². The Morgan fingerprint density at radius 3 is 1.82 bits per heavy atom. The molecule has 122 valence electrons. The lowest BCUT2D eigenvalue weighted by Gasteiger charge is -2.41. The zero-order valence-electron chi connectivity index (χ0n) is 11.5. The van der Waals surface area contributed by atoms with Gasteiger partial charge in [-0.25, -0.2) is 0 Å². The van der Waals surface area contributed by atoms with Crippen molar-refractivity contribution in [3.8, 4) is 5.75 Å². The van der Waals surface area contributed by atoms with Crippen molar-refractivity contribution in [3.63, 3.8) is 0 Å². The fourth-order valence-electron chi connectivity index (χ4n) is 2.31. The average molecular weight is 314 g/mol. The third kappa shape index (κ3) is 3.37. The maximum absolute atomic E-state index is 11.8. The first-order valence-electron chi connectivity index (χ1n) is 6.69. The molecule has 8 nitrogen and oxygen atoms in total. The van der Waals surface area contributed by atoms with Crippen LogP contribution < -0.4 is 0 Å². The van der Waals surface area contributed by atoms with Gasteiger partial charge in [0, 0.05) is 0 Å².